The molecular weight excluding hydrogens is 354 g/mol. The third-order valence-electron chi connectivity index (χ3n) is 5.08. The average molecular weight is 379 g/mol. The molecule has 2 saturated heterocycles. The van der Waals surface area contributed by atoms with Crippen LogP contribution in [-0.2, 0) is 9.84 Å². The molecule has 1 unspecified atom stereocenters. The van der Waals surface area contributed by atoms with Crippen molar-refractivity contribution >= 4 is 21.7 Å². The minimum atomic E-state index is -3.08. The summed E-state index contributed by atoms with van der Waals surface area (Å²) in [5, 5.41) is 0. The smallest absolute Gasteiger partial charge is 0.272 e. The van der Waals surface area contributed by atoms with Gasteiger partial charge in [-0.2, -0.15) is 0 Å². The van der Waals surface area contributed by atoms with Crippen molar-refractivity contribution < 1.29 is 18.0 Å². The highest BCUT2D eigenvalue weighted by atomic mass is 32.2. The molecule has 0 N–H and O–H groups in total. The number of aromatic nitrogens is 1. The number of piperidine rings is 1. The molecule has 142 valence electrons. The van der Waals surface area contributed by atoms with Crippen LogP contribution in [0.5, 0.6) is 0 Å². The molecule has 2 fully saturated rings. The van der Waals surface area contributed by atoms with Crippen molar-refractivity contribution in [1.29, 1.82) is 0 Å². The number of carbonyl (C=O) groups excluding carboxylic acids is 2. The summed E-state index contributed by atoms with van der Waals surface area (Å²) < 4.78 is 23.5. The normalized spacial score (nSPS) is 22.2. The molecule has 1 aromatic heterocycles. The number of sulfone groups is 1. The molecule has 1 atom stereocenters. The number of rotatable bonds is 4. The van der Waals surface area contributed by atoms with Crippen molar-refractivity contribution in [1.82, 2.24) is 14.8 Å². The first kappa shape index (κ1) is 18.8. The largest absolute Gasteiger partial charge is 0.337 e. The van der Waals surface area contributed by atoms with E-state index < -0.39 is 9.84 Å². The van der Waals surface area contributed by atoms with Crippen molar-refractivity contribution in [2.24, 2.45) is 0 Å². The van der Waals surface area contributed by atoms with Crippen LogP contribution < -0.4 is 0 Å². The maximum absolute atomic E-state index is 12.9. The molecule has 3 heterocycles. The summed E-state index contributed by atoms with van der Waals surface area (Å²) in [5.74, 6) is -0.352. The first-order chi connectivity index (χ1) is 12.4. The van der Waals surface area contributed by atoms with E-state index in [0.29, 0.717) is 13.0 Å². The molecule has 2 aliphatic rings. The summed E-state index contributed by atoms with van der Waals surface area (Å²) in [6, 6.07) is 4.56. The summed E-state index contributed by atoms with van der Waals surface area (Å²) in [6.07, 6.45) is 3.56. The van der Waals surface area contributed by atoms with Gasteiger partial charge in [0.1, 0.15) is 11.4 Å². The molecule has 2 amide bonds. The number of likely N-dealkylation sites (tertiary alicyclic amines) is 1. The first-order valence-corrected chi connectivity index (χ1v) is 11.0. The fraction of sp³-hybridized carbons (Fsp3) is 0.611. The van der Waals surface area contributed by atoms with Crippen LogP contribution in [0.2, 0.25) is 0 Å². The quantitative estimate of drug-likeness (QED) is 0.788. The number of amides is 2. The lowest BCUT2D eigenvalue weighted by Gasteiger charge is -2.27. The van der Waals surface area contributed by atoms with E-state index >= 15 is 0 Å². The molecule has 1 aromatic rings. The molecule has 0 aliphatic carbocycles. The van der Waals surface area contributed by atoms with Gasteiger partial charge in [-0.05, 0) is 44.7 Å². The van der Waals surface area contributed by atoms with Crippen LogP contribution in [0.25, 0.3) is 0 Å². The molecule has 2 aliphatic heterocycles. The van der Waals surface area contributed by atoms with E-state index in [2.05, 4.69) is 4.98 Å². The second kappa shape index (κ2) is 7.73. The van der Waals surface area contributed by atoms with Gasteiger partial charge < -0.3 is 9.80 Å². The van der Waals surface area contributed by atoms with Crippen LogP contribution in [0.3, 0.4) is 0 Å². The van der Waals surface area contributed by atoms with E-state index in [4.69, 9.17) is 0 Å². The monoisotopic (exact) mass is 379 g/mol. The lowest BCUT2D eigenvalue weighted by atomic mass is 10.1. The van der Waals surface area contributed by atoms with E-state index in [1.165, 1.54) is 0 Å². The molecule has 0 bridgehead atoms. The van der Waals surface area contributed by atoms with E-state index in [0.717, 1.165) is 32.4 Å². The van der Waals surface area contributed by atoms with Crippen molar-refractivity contribution in [3.05, 3.63) is 29.6 Å². The van der Waals surface area contributed by atoms with Gasteiger partial charge >= 0.3 is 0 Å². The number of hydrogen-bond donors (Lipinski definition) is 0. The minimum Gasteiger partial charge on any atom is -0.337 e. The summed E-state index contributed by atoms with van der Waals surface area (Å²) >= 11 is 0. The van der Waals surface area contributed by atoms with E-state index in [1.807, 2.05) is 6.92 Å². The Labute approximate surface area is 154 Å². The third-order valence-corrected chi connectivity index (χ3v) is 6.83. The summed E-state index contributed by atoms with van der Waals surface area (Å²) in [7, 11) is -3.08. The topological polar surface area (TPSA) is 87.7 Å². The van der Waals surface area contributed by atoms with Gasteiger partial charge in [-0.1, -0.05) is 6.07 Å². The second-order valence-electron chi connectivity index (χ2n) is 6.91. The minimum absolute atomic E-state index is 0.00101. The van der Waals surface area contributed by atoms with Crippen LogP contribution in [0.1, 0.15) is 53.6 Å². The van der Waals surface area contributed by atoms with E-state index in [-0.39, 0.29) is 40.7 Å². The molecule has 8 heteroatoms. The Hall–Kier alpha value is -1.96. The fourth-order valence-corrected chi connectivity index (χ4v) is 5.40. The standard InChI is InChI=1S/C18H25N3O4S/c1-2-21(14-9-12-26(24,25)13-14)18(23)16-8-6-7-15(19-16)17(22)20-10-4-3-5-11-20/h6-8,14H,2-5,9-13H2,1H3. The van der Waals surface area contributed by atoms with Gasteiger partial charge in [0.05, 0.1) is 11.5 Å². The Kier molecular flexibility index (Phi) is 5.60. The molecular formula is C18H25N3O4S. The second-order valence-corrected chi connectivity index (χ2v) is 9.14. The van der Waals surface area contributed by atoms with Crippen molar-refractivity contribution in [2.45, 2.75) is 38.6 Å². The lowest BCUT2D eigenvalue weighted by molar-refractivity contribution is 0.0699. The molecule has 7 nitrogen and oxygen atoms in total. The summed E-state index contributed by atoms with van der Waals surface area (Å²) in [4.78, 5) is 33.1. The van der Waals surface area contributed by atoms with Gasteiger partial charge in [-0.3, -0.25) is 9.59 Å². The molecule has 0 aromatic carbocycles. The van der Waals surface area contributed by atoms with Gasteiger partial charge in [0.25, 0.3) is 11.8 Å². The van der Waals surface area contributed by atoms with Gasteiger partial charge in [0.2, 0.25) is 0 Å². The average Bonchev–Trinajstić information content (AvgIpc) is 3.02. The molecule has 0 saturated carbocycles. The van der Waals surface area contributed by atoms with Crippen LogP contribution in [0.15, 0.2) is 18.2 Å². The van der Waals surface area contributed by atoms with Gasteiger partial charge in [-0.15, -0.1) is 0 Å². The van der Waals surface area contributed by atoms with Crippen LogP contribution in [0.4, 0.5) is 0 Å². The van der Waals surface area contributed by atoms with E-state index in [1.54, 1.807) is 28.0 Å². The highest BCUT2D eigenvalue weighted by Crippen LogP contribution is 2.20. The van der Waals surface area contributed by atoms with Crippen LogP contribution >= 0.6 is 0 Å². The maximum Gasteiger partial charge on any atom is 0.272 e. The zero-order valence-corrected chi connectivity index (χ0v) is 15.9. The zero-order chi connectivity index (χ0) is 18.7. The van der Waals surface area contributed by atoms with Crippen molar-refractivity contribution in [2.75, 3.05) is 31.1 Å². The Bertz CT molecular complexity index is 787. The summed E-state index contributed by atoms with van der Waals surface area (Å²) in [5.41, 5.74) is 0.465. The third kappa shape index (κ3) is 4.06. The highest BCUT2D eigenvalue weighted by Gasteiger charge is 2.34. The van der Waals surface area contributed by atoms with Crippen molar-refractivity contribution in [3.63, 3.8) is 0 Å². The summed E-state index contributed by atoms with van der Waals surface area (Å²) in [6.45, 7) is 3.68. The SMILES string of the molecule is CCN(C(=O)c1cccc(C(=O)N2CCCCC2)n1)C1CCS(=O)(=O)C1. The number of hydrogen-bond acceptors (Lipinski definition) is 5. The fourth-order valence-electron chi connectivity index (χ4n) is 3.67. The van der Waals surface area contributed by atoms with Gasteiger partial charge in [0.15, 0.2) is 9.84 Å². The Balaban J connectivity index is 1.77. The Morgan fingerprint density at radius 1 is 1.19 bits per heavy atom. The predicted molar refractivity (Wildman–Crippen MR) is 97.8 cm³/mol. The lowest BCUT2D eigenvalue weighted by Crippen LogP contribution is -2.41. The van der Waals surface area contributed by atoms with Crippen molar-refractivity contribution in [3.8, 4) is 0 Å². The van der Waals surface area contributed by atoms with Crippen LogP contribution in [-0.4, -0.2) is 72.2 Å². The Morgan fingerprint density at radius 2 is 1.88 bits per heavy atom. The molecule has 3 rings (SSSR count). The highest BCUT2D eigenvalue weighted by molar-refractivity contribution is 7.91. The van der Waals surface area contributed by atoms with Gasteiger partial charge in [0, 0.05) is 25.7 Å². The van der Waals surface area contributed by atoms with E-state index in [9.17, 15) is 18.0 Å². The zero-order valence-electron chi connectivity index (χ0n) is 15.1. The number of carbonyl (C=O) groups is 2. The predicted octanol–water partition coefficient (Wildman–Crippen LogP) is 1.36. The van der Waals surface area contributed by atoms with Crippen LogP contribution in [0, 0.1) is 0 Å². The Morgan fingerprint density at radius 3 is 2.50 bits per heavy atom. The number of nitrogens with zero attached hydrogens (tertiary/aromatic N) is 3. The maximum atomic E-state index is 12.9. The molecule has 26 heavy (non-hydrogen) atoms. The number of pyridine rings is 1. The van der Waals surface area contributed by atoms with Gasteiger partial charge in [-0.25, -0.2) is 13.4 Å². The molecule has 0 radical (unpaired) electrons. The first-order valence-electron chi connectivity index (χ1n) is 9.19. The molecule has 0 spiro atoms.